The van der Waals surface area contributed by atoms with Crippen molar-refractivity contribution in [2.24, 2.45) is 0 Å². The number of aliphatic hydroxyl groups is 1. The van der Waals surface area contributed by atoms with Crippen LogP contribution in [0.4, 0.5) is 4.39 Å². The molecule has 0 spiro atoms. The van der Waals surface area contributed by atoms with Gasteiger partial charge in [-0.05, 0) is 6.42 Å². The molecule has 0 heterocycles. The standard InChI is InChI=1S/C6H13FO2/c1-3-5(7)9-6(8)4-2/h5-6,8H,3-4H2,1-2H3. The summed E-state index contributed by atoms with van der Waals surface area (Å²) in [5.41, 5.74) is 0. The highest BCUT2D eigenvalue weighted by Crippen LogP contribution is 2.03. The van der Waals surface area contributed by atoms with Crippen molar-refractivity contribution in [1.29, 1.82) is 0 Å². The van der Waals surface area contributed by atoms with E-state index in [0.717, 1.165) is 0 Å². The van der Waals surface area contributed by atoms with Gasteiger partial charge in [-0.2, -0.15) is 0 Å². The largest absolute Gasteiger partial charge is 0.368 e. The molecule has 2 nitrogen and oxygen atoms in total. The number of hydrogen-bond donors (Lipinski definition) is 1. The number of aliphatic hydroxyl groups excluding tert-OH is 1. The van der Waals surface area contributed by atoms with E-state index < -0.39 is 12.6 Å². The molecule has 2 unspecified atom stereocenters. The molecule has 0 fully saturated rings. The van der Waals surface area contributed by atoms with E-state index in [2.05, 4.69) is 4.74 Å². The van der Waals surface area contributed by atoms with E-state index in [1.54, 1.807) is 13.8 Å². The highest BCUT2D eigenvalue weighted by molar-refractivity contribution is 4.38. The quantitative estimate of drug-likeness (QED) is 0.592. The first-order chi connectivity index (χ1) is 4.20. The molecule has 0 aromatic heterocycles. The first-order valence-corrected chi connectivity index (χ1v) is 3.18. The monoisotopic (exact) mass is 136 g/mol. The molecular formula is C6H13FO2. The second kappa shape index (κ2) is 4.70. The molecule has 1 N–H and O–H groups in total. The normalized spacial score (nSPS) is 17.3. The van der Waals surface area contributed by atoms with Crippen LogP contribution in [0.25, 0.3) is 0 Å². The lowest BCUT2D eigenvalue weighted by atomic mass is 10.4. The number of alkyl halides is 1. The highest BCUT2D eigenvalue weighted by atomic mass is 19.1. The Labute approximate surface area is 54.6 Å². The third kappa shape index (κ3) is 4.36. The smallest absolute Gasteiger partial charge is 0.201 e. The van der Waals surface area contributed by atoms with Crippen molar-refractivity contribution >= 4 is 0 Å². The van der Waals surface area contributed by atoms with Gasteiger partial charge in [0.1, 0.15) is 0 Å². The predicted molar refractivity (Wildman–Crippen MR) is 32.6 cm³/mol. The van der Waals surface area contributed by atoms with Crippen LogP contribution in [0.5, 0.6) is 0 Å². The summed E-state index contributed by atoms with van der Waals surface area (Å²) in [4.78, 5) is 0. The Bertz CT molecular complexity index is 60.1. The second-order valence-corrected chi connectivity index (χ2v) is 1.82. The minimum Gasteiger partial charge on any atom is -0.368 e. The van der Waals surface area contributed by atoms with Crippen LogP contribution >= 0.6 is 0 Å². The Morgan fingerprint density at radius 1 is 1.44 bits per heavy atom. The van der Waals surface area contributed by atoms with Crippen LogP contribution in [-0.4, -0.2) is 17.8 Å². The summed E-state index contributed by atoms with van der Waals surface area (Å²) in [5, 5.41) is 8.70. The van der Waals surface area contributed by atoms with Crippen LogP contribution in [0, 0.1) is 0 Å². The van der Waals surface area contributed by atoms with Crippen LogP contribution in [-0.2, 0) is 4.74 Å². The fraction of sp³-hybridized carbons (Fsp3) is 1.00. The van der Waals surface area contributed by atoms with Crippen LogP contribution in [0.3, 0.4) is 0 Å². The van der Waals surface area contributed by atoms with Crippen molar-refractivity contribution < 1.29 is 14.2 Å². The van der Waals surface area contributed by atoms with Crippen LogP contribution in [0.15, 0.2) is 0 Å². The molecule has 2 atom stereocenters. The molecule has 0 aromatic carbocycles. The Kier molecular flexibility index (Phi) is 4.62. The van der Waals surface area contributed by atoms with Gasteiger partial charge in [0.15, 0.2) is 6.29 Å². The van der Waals surface area contributed by atoms with E-state index in [1.807, 2.05) is 0 Å². The summed E-state index contributed by atoms with van der Waals surface area (Å²) in [6.07, 6.45) is -1.54. The third-order valence-electron chi connectivity index (χ3n) is 0.975. The Morgan fingerprint density at radius 2 is 2.00 bits per heavy atom. The fourth-order valence-electron chi connectivity index (χ4n) is 0.363. The maximum atomic E-state index is 12.2. The van der Waals surface area contributed by atoms with Crippen molar-refractivity contribution in [3.8, 4) is 0 Å². The minimum atomic E-state index is -1.32. The zero-order chi connectivity index (χ0) is 7.28. The molecule has 0 aromatic rings. The molecule has 0 amide bonds. The molecule has 56 valence electrons. The molecule has 0 saturated heterocycles. The Morgan fingerprint density at radius 3 is 2.33 bits per heavy atom. The van der Waals surface area contributed by atoms with Crippen molar-refractivity contribution in [2.75, 3.05) is 0 Å². The summed E-state index contributed by atoms with van der Waals surface area (Å²) in [7, 11) is 0. The van der Waals surface area contributed by atoms with Gasteiger partial charge < -0.3 is 9.84 Å². The van der Waals surface area contributed by atoms with E-state index in [-0.39, 0.29) is 6.42 Å². The minimum absolute atomic E-state index is 0.289. The second-order valence-electron chi connectivity index (χ2n) is 1.82. The van der Waals surface area contributed by atoms with Gasteiger partial charge in [-0.25, -0.2) is 4.39 Å². The van der Waals surface area contributed by atoms with Crippen molar-refractivity contribution in [3.05, 3.63) is 0 Å². The molecule has 9 heavy (non-hydrogen) atoms. The summed E-state index contributed by atoms with van der Waals surface area (Å²) >= 11 is 0. The maximum Gasteiger partial charge on any atom is 0.201 e. The Balaban J connectivity index is 3.22. The van der Waals surface area contributed by atoms with Gasteiger partial charge in [0, 0.05) is 6.42 Å². The van der Waals surface area contributed by atoms with Crippen molar-refractivity contribution in [1.82, 2.24) is 0 Å². The molecule has 0 aliphatic heterocycles. The molecule has 0 bridgehead atoms. The zero-order valence-electron chi connectivity index (χ0n) is 5.80. The fourth-order valence-corrected chi connectivity index (χ4v) is 0.363. The third-order valence-corrected chi connectivity index (χ3v) is 0.975. The van der Waals surface area contributed by atoms with E-state index in [4.69, 9.17) is 5.11 Å². The van der Waals surface area contributed by atoms with Gasteiger partial charge in [-0.15, -0.1) is 0 Å². The first-order valence-electron chi connectivity index (χ1n) is 3.18. The van der Waals surface area contributed by atoms with E-state index in [9.17, 15) is 4.39 Å². The number of halogens is 1. The first kappa shape index (κ1) is 8.85. The molecule has 0 radical (unpaired) electrons. The molecule has 0 aliphatic carbocycles. The lowest BCUT2D eigenvalue weighted by molar-refractivity contribution is -0.178. The zero-order valence-corrected chi connectivity index (χ0v) is 5.80. The maximum absolute atomic E-state index is 12.2. The molecule has 3 heteroatoms. The average Bonchev–Trinajstić information content (AvgIpc) is 1.87. The van der Waals surface area contributed by atoms with Gasteiger partial charge in [0.25, 0.3) is 0 Å². The highest BCUT2D eigenvalue weighted by Gasteiger charge is 2.07. The van der Waals surface area contributed by atoms with Gasteiger partial charge in [0.2, 0.25) is 6.36 Å². The van der Waals surface area contributed by atoms with Gasteiger partial charge >= 0.3 is 0 Å². The number of hydrogen-bond acceptors (Lipinski definition) is 2. The molecule has 0 rings (SSSR count). The number of ether oxygens (including phenoxy) is 1. The van der Waals surface area contributed by atoms with Crippen LogP contribution in [0.2, 0.25) is 0 Å². The topological polar surface area (TPSA) is 29.5 Å². The summed E-state index contributed by atoms with van der Waals surface area (Å²) in [5.74, 6) is 0. The van der Waals surface area contributed by atoms with Gasteiger partial charge in [0.05, 0.1) is 0 Å². The predicted octanol–water partition coefficient (Wildman–Crippen LogP) is 1.44. The van der Waals surface area contributed by atoms with Crippen LogP contribution < -0.4 is 0 Å². The lowest BCUT2D eigenvalue weighted by Crippen LogP contribution is -2.16. The van der Waals surface area contributed by atoms with Crippen LogP contribution in [0.1, 0.15) is 26.7 Å². The van der Waals surface area contributed by atoms with Gasteiger partial charge in [-0.1, -0.05) is 13.8 Å². The van der Waals surface area contributed by atoms with Gasteiger partial charge in [-0.3, -0.25) is 0 Å². The number of rotatable bonds is 4. The summed E-state index contributed by atoms with van der Waals surface area (Å²) < 4.78 is 16.6. The molecular weight excluding hydrogens is 123 g/mol. The molecule has 0 saturated carbocycles. The Hall–Kier alpha value is -0.150. The van der Waals surface area contributed by atoms with Crippen molar-refractivity contribution in [3.63, 3.8) is 0 Å². The molecule has 0 aliphatic rings. The van der Waals surface area contributed by atoms with E-state index in [0.29, 0.717) is 6.42 Å². The SMILES string of the molecule is CCC(O)OC(F)CC. The van der Waals surface area contributed by atoms with Crippen molar-refractivity contribution in [2.45, 2.75) is 39.3 Å². The van der Waals surface area contributed by atoms with E-state index in [1.165, 1.54) is 0 Å². The lowest BCUT2D eigenvalue weighted by Gasteiger charge is -2.11. The summed E-state index contributed by atoms with van der Waals surface area (Å²) in [6, 6.07) is 0. The van der Waals surface area contributed by atoms with E-state index >= 15 is 0 Å². The summed E-state index contributed by atoms with van der Waals surface area (Å²) in [6.45, 7) is 3.39. The average molecular weight is 136 g/mol.